The van der Waals surface area contributed by atoms with Crippen LogP contribution in [0.15, 0.2) is 29.2 Å². The Morgan fingerprint density at radius 1 is 1.08 bits per heavy atom. The molecule has 6 nitrogen and oxygen atoms in total. The fourth-order valence-corrected chi connectivity index (χ4v) is 5.37. The highest BCUT2D eigenvalue weighted by Crippen LogP contribution is 2.24. The van der Waals surface area contributed by atoms with E-state index in [0.717, 1.165) is 19.3 Å². The number of anilines is 1. The summed E-state index contributed by atoms with van der Waals surface area (Å²) in [5, 5.41) is 0. The van der Waals surface area contributed by atoms with Crippen molar-refractivity contribution in [2.24, 2.45) is 5.92 Å². The molecule has 0 bridgehead atoms. The summed E-state index contributed by atoms with van der Waals surface area (Å²) in [6, 6.07) is 5.93. The maximum atomic E-state index is 12.6. The highest BCUT2D eigenvalue weighted by molar-refractivity contribution is 7.92. The molecule has 1 aromatic carbocycles. The van der Waals surface area contributed by atoms with Gasteiger partial charge in [-0.3, -0.25) is 4.72 Å². The van der Waals surface area contributed by atoms with Crippen molar-refractivity contribution in [3.8, 4) is 0 Å². The fourth-order valence-electron chi connectivity index (χ4n) is 2.63. The molecule has 0 radical (unpaired) electrons. The number of unbranched alkanes of at least 4 members (excludes halogenated alkanes) is 1. The van der Waals surface area contributed by atoms with Crippen LogP contribution in [0, 0.1) is 5.92 Å². The van der Waals surface area contributed by atoms with Crippen molar-refractivity contribution in [2.75, 3.05) is 23.6 Å². The number of piperidine rings is 1. The topological polar surface area (TPSA) is 83.5 Å². The van der Waals surface area contributed by atoms with E-state index < -0.39 is 20.0 Å². The summed E-state index contributed by atoms with van der Waals surface area (Å²) in [5.41, 5.74) is 0.386. The van der Waals surface area contributed by atoms with E-state index in [-0.39, 0.29) is 10.6 Å². The van der Waals surface area contributed by atoms with Gasteiger partial charge >= 0.3 is 0 Å². The van der Waals surface area contributed by atoms with Crippen molar-refractivity contribution in [1.29, 1.82) is 0 Å². The predicted octanol–water partition coefficient (Wildman–Crippen LogP) is 2.65. The fraction of sp³-hybridized carbons (Fsp3) is 0.625. The average molecular weight is 375 g/mol. The molecule has 0 spiro atoms. The van der Waals surface area contributed by atoms with Gasteiger partial charge in [-0.25, -0.2) is 16.8 Å². The minimum atomic E-state index is -3.50. The Bertz CT molecular complexity index is 735. The number of nitrogens with one attached hydrogen (secondary N) is 1. The van der Waals surface area contributed by atoms with E-state index in [1.165, 1.54) is 28.6 Å². The van der Waals surface area contributed by atoms with E-state index in [9.17, 15) is 16.8 Å². The molecule has 1 aliphatic heterocycles. The van der Waals surface area contributed by atoms with Crippen molar-refractivity contribution < 1.29 is 16.8 Å². The Morgan fingerprint density at radius 3 is 2.21 bits per heavy atom. The lowest BCUT2D eigenvalue weighted by molar-refractivity contribution is 0.288. The minimum absolute atomic E-state index is 0.0650. The molecule has 1 aromatic rings. The van der Waals surface area contributed by atoms with Crippen LogP contribution >= 0.6 is 0 Å². The van der Waals surface area contributed by atoms with Gasteiger partial charge in [0.15, 0.2) is 0 Å². The zero-order valence-electron chi connectivity index (χ0n) is 14.2. The van der Waals surface area contributed by atoms with E-state index in [1.54, 1.807) is 0 Å². The summed E-state index contributed by atoms with van der Waals surface area (Å²) in [7, 11) is -6.89. The van der Waals surface area contributed by atoms with Gasteiger partial charge < -0.3 is 0 Å². The molecule has 1 aliphatic rings. The molecular formula is C16H26N2O4S2. The van der Waals surface area contributed by atoms with Gasteiger partial charge in [0.2, 0.25) is 20.0 Å². The second-order valence-electron chi connectivity index (χ2n) is 6.39. The lowest BCUT2D eigenvalue weighted by Gasteiger charge is -2.29. The predicted molar refractivity (Wildman–Crippen MR) is 95.9 cm³/mol. The standard InChI is InChI=1S/C16H26N2O4S2/c1-3-4-13-23(19,20)17-15-5-7-16(8-6-15)24(21,22)18-11-9-14(2)10-12-18/h5-8,14,17H,3-4,9-13H2,1-2H3. The molecule has 1 heterocycles. The molecule has 1 saturated heterocycles. The van der Waals surface area contributed by atoms with Crippen LogP contribution < -0.4 is 4.72 Å². The summed E-state index contributed by atoms with van der Waals surface area (Å²) >= 11 is 0. The van der Waals surface area contributed by atoms with Crippen LogP contribution in [0.25, 0.3) is 0 Å². The lowest BCUT2D eigenvalue weighted by atomic mass is 10.0. The first kappa shape index (κ1) is 19.2. The van der Waals surface area contributed by atoms with E-state index in [4.69, 9.17) is 0 Å². The van der Waals surface area contributed by atoms with E-state index in [2.05, 4.69) is 11.6 Å². The van der Waals surface area contributed by atoms with Crippen LogP contribution in [0.4, 0.5) is 5.69 Å². The van der Waals surface area contributed by atoms with Gasteiger partial charge in [-0.1, -0.05) is 20.3 Å². The quantitative estimate of drug-likeness (QED) is 0.795. The molecule has 1 N–H and O–H groups in total. The summed E-state index contributed by atoms with van der Waals surface area (Å²) in [5.74, 6) is 0.617. The van der Waals surface area contributed by atoms with Gasteiger partial charge in [0, 0.05) is 18.8 Å². The second-order valence-corrected chi connectivity index (χ2v) is 10.2. The monoisotopic (exact) mass is 374 g/mol. The Morgan fingerprint density at radius 2 is 1.67 bits per heavy atom. The first-order valence-electron chi connectivity index (χ1n) is 8.35. The second kappa shape index (κ2) is 7.84. The number of rotatable bonds is 7. The summed E-state index contributed by atoms with van der Waals surface area (Å²) < 4.78 is 53.0. The maximum absolute atomic E-state index is 12.6. The van der Waals surface area contributed by atoms with Crippen LogP contribution in [-0.2, 0) is 20.0 Å². The Kier molecular flexibility index (Phi) is 6.28. The molecular weight excluding hydrogens is 348 g/mol. The Labute approximate surface area is 145 Å². The van der Waals surface area contributed by atoms with E-state index in [0.29, 0.717) is 31.1 Å². The zero-order chi connectivity index (χ0) is 17.8. The highest BCUT2D eigenvalue weighted by Gasteiger charge is 2.27. The van der Waals surface area contributed by atoms with Gasteiger partial charge in [-0.2, -0.15) is 4.31 Å². The smallest absolute Gasteiger partial charge is 0.243 e. The molecule has 0 unspecified atom stereocenters. The zero-order valence-corrected chi connectivity index (χ0v) is 15.9. The van der Waals surface area contributed by atoms with Gasteiger partial charge in [0.25, 0.3) is 0 Å². The molecule has 2 rings (SSSR count). The van der Waals surface area contributed by atoms with Crippen molar-refractivity contribution in [1.82, 2.24) is 4.31 Å². The van der Waals surface area contributed by atoms with Gasteiger partial charge in [-0.15, -0.1) is 0 Å². The third kappa shape index (κ3) is 4.94. The van der Waals surface area contributed by atoms with Crippen molar-refractivity contribution in [3.63, 3.8) is 0 Å². The molecule has 136 valence electrons. The molecule has 0 atom stereocenters. The van der Waals surface area contributed by atoms with E-state index in [1.807, 2.05) is 6.92 Å². The van der Waals surface area contributed by atoms with Gasteiger partial charge in [-0.05, 0) is 49.4 Å². The molecule has 24 heavy (non-hydrogen) atoms. The Hall–Kier alpha value is -1.12. The minimum Gasteiger partial charge on any atom is -0.284 e. The van der Waals surface area contributed by atoms with Gasteiger partial charge in [0.05, 0.1) is 10.6 Å². The van der Waals surface area contributed by atoms with Gasteiger partial charge in [0.1, 0.15) is 0 Å². The molecule has 0 amide bonds. The van der Waals surface area contributed by atoms with Crippen LogP contribution in [0.1, 0.15) is 39.5 Å². The van der Waals surface area contributed by atoms with Crippen LogP contribution in [-0.4, -0.2) is 40.0 Å². The number of nitrogens with zero attached hydrogens (tertiary/aromatic N) is 1. The third-order valence-electron chi connectivity index (χ3n) is 4.27. The summed E-state index contributed by atoms with van der Waals surface area (Å²) in [6.07, 6.45) is 3.13. The first-order chi connectivity index (χ1) is 11.2. The number of hydrogen-bond acceptors (Lipinski definition) is 4. The highest BCUT2D eigenvalue weighted by atomic mass is 32.2. The molecule has 8 heteroatoms. The summed E-state index contributed by atoms with van der Waals surface area (Å²) in [6.45, 7) is 5.13. The third-order valence-corrected chi connectivity index (χ3v) is 7.56. The Balaban J connectivity index is 2.08. The lowest BCUT2D eigenvalue weighted by Crippen LogP contribution is -2.37. The van der Waals surface area contributed by atoms with Crippen molar-refractivity contribution in [2.45, 2.75) is 44.4 Å². The first-order valence-corrected chi connectivity index (χ1v) is 11.4. The SMILES string of the molecule is CCCCS(=O)(=O)Nc1ccc(S(=O)(=O)N2CCC(C)CC2)cc1. The maximum Gasteiger partial charge on any atom is 0.243 e. The van der Waals surface area contributed by atoms with Crippen molar-refractivity contribution >= 4 is 25.7 Å². The largest absolute Gasteiger partial charge is 0.284 e. The van der Waals surface area contributed by atoms with Crippen LogP contribution in [0.2, 0.25) is 0 Å². The van der Waals surface area contributed by atoms with Crippen LogP contribution in [0.5, 0.6) is 0 Å². The normalized spacial score (nSPS) is 17.8. The average Bonchev–Trinajstić information content (AvgIpc) is 2.53. The molecule has 1 fully saturated rings. The van der Waals surface area contributed by atoms with Crippen molar-refractivity contribution in [3.05, 3.63) is 24.3 Å². The molecule has 0 aliphatic carbocycles. The number of benzene rings is 1. The molecule has 0 aromatic heterocycles. The van der Waals surface area contributed by atoms with Crippen LogP contribution in [0.3, 0.4) is 0 Å². The summed E-state index contributed by atoms with van der Waals surface area (Å²) in [4.78, 5) is 0.202. The number of sulfonamides is 2. The number of hydrogen-bond donors (Lipinski definition) is 1. The van der Waals surface area contributed by atoms with E-state index >= 15 is 0 Å². The molecule has 0 saturated carbocycles.